The first-order valence-corrected chi connectivity index (χ1v) is 8.76. The molecule has 1 N–H and O–H groups in total. The van der Waals surface area contributed by atoms with Gasteiger partial charge in [0.15, 0.2) is 0 Å². The summed E-state index contributed by atoms with van der Waals surface area (Å²) in [5.41, 5.74) is 3.31. The van der Waals surface area contributed by atoms with Crippen LogP contribution < -0.4 is 9.64 Å². The number of fused-ring (bicyclic) bond motifs is 1. The maximum atomic E-state index is 10.1. The van der Waals surface area contributed by atoms with Crippen molar-refractivity contribution in [2.45, 2.75) is 25.5 Å². The van der Waals surface area contributed by atoms with Crippen LogP contribution in [0.4, 0.5) is 5.95 Å². The van der Waals surface area contributed by atoms with Crippen LogP contribution >= 0.6 is 0 Å². The molecule has 1 atom stereocenters. The number of aliphatic hydroxyl groups is 1. The van der Waals surface area contributed by atoms with Gasteiger partial charge in [0.2, 0.25) is 5.95 Å². The highest BCUT2D eigenvalue weighted by Crippen LogP contribution is 2.26. The number of methoxy groups -OCH3 is 1. The van der Waals surface area contributed by atoms with Crippen molar-refractivity contribution < 1.29 is 9.84 Å². The molecule has 0 amide bonds. The molecule has 5 nitrogen and oxygen atoms in total. The summed E-state index contributed by atoms with van der Waals surface area (Å²) >= 11 is 0. The van der Waals surface area contributed by atoms with Crippen LogP contribution in [0.3, 0.4) is 0 Å². The van der Waals surface area contributed by atoms with E-state index in [4.69, 9.17) is 9.72 Å². The molecule has 0 bridgehead atoms. The first-order valence-electron chi connectivity index (χ1n) is 8.76. The zero-order valence-electron chi connectivity index (χ0n) is 14.4. The third kappa shape index (κ3) is 3.20. The van der Waals surface area contributed by atoms with Gasteiger partial charge in [0.1, 0.15) is 5.75 Å². The number of ether oxygens (including phenoxy) is 1. The Hall–Kier alpha value is -2.53. The van der Waals surface area contributed by atoms with Crippen molar-refractivity contribution in [1.29, 1.82) is 0 Å². The highest BCUT2D eigenvalue weighted by Gasteiger charge is 2.23. The van der Waals surface area contributed by atoms with Gasteiger partial charge in [0.25, 0.3) is 0 Å². The molecule has 4 rings (SSSR count). The molecule has 2 heterocycles. The van der Waals surface area contributed by atoms with Crippen LogP contribution in [0, 0.1) is 0 Å². The van der Waals surface area contributed by atoms with Crippen LogP contribution in [0.1, 0.15) is 18.4 Å². The van der Waals surface area contributed by atoms with E-state index < -0.39 is 0 Å². The molecule has 1 aliphatic heterocycles. The van der Waals surface area contributed by atoms with E-state index in [2.05, 4.69) is 27.7 Å². The molecule has 1 unspecified atom stereocenters. The summed E-state index contributed by atoms with van der Waals surface area (Å²) < 4.78 is 7.50. The third-order valence-electron chi connectivity index (χ3n) is 4.81. The highest BCUT2D eigenvalue weighted by atomic mass is 16.5. The van der Waals surface area contributed by atoms with Gasteiger partial charge < -0.3 is 19.3 Å². The Labute approximate surface area is 147 Å². The monoisotopic (exact) mass is 337 g/mol. The van der Waals surface area contributed by atoms with Crippen LogP contribution in [0.25, 0.3) is 11.0 Å². The van der Waals surface area contributed by atoms with E-state index in [1.54, 1.807) is 7.11 Å². The van der Waals surface area contributed by atoms with Gasteiger partial charge in [-0.3, -0.25) is 0 Å². The van der Waals surface area contributed by atoms with E-state index in [1.165, 1.54) is 5.56 Å². The molecule has 1 fully saturated rings. The number of para-hydroxylation sites is 2. The lowest BCUT2D eigenvalue weighted by molar-refractivity contribution is 0.153. The maximum Gasteiger partial charge on any atom is 0.206 e. The van der Waals surface area contributed by atoms with Crippen molar-refractivity contribution in [1.82, 2.24) is 9.55 Å². The Morgan fingerprint density at radius 3 is 2.72 bits per heavy atom. The Balaban J connectivity index is 1.73. The van der Waals surface area contributed by atoms with Crippen LogP contribution in [0.2, 0.25) is 0 Å². The number of imidazole rings is 1. The second-order valence-electron chi connectivity index (χ2n) is 6.58. The lowest BCUT2D eigenvalue weighted by Gasteiger charge is -2.31. The van der Waals surface area contributed by atoms with E-state index in [9.17, 15) is 5.11 Å². The lowest BCUT2D eigenvalue weighted by Crippen LogP contribution is -2.39. The van der Waals surface area contributed by atoms with E-state index in [-0.39, 0.29) is 6.10 Å². The standard InChI is InChI=1S/C20H23N3O2/c1-25-17-10-8-15(9-11-17)13-23-19-7-3-2-6-18(19)21-20(23)22-12-4-5-16(24)14-22/h2-3,6-11,16,24H,4-5,12-14H2,1H3. The summed E-state index contributed by atoms with van der Waals surface area (Å²) in [6.45, 7) is 2.32. The molecule has 25 heavy (non-hydrogen) atoms. The fourth-order valence-electron chi connectivity index (χ4n) is 3.51. The topological polar surface area (TPSA) is 50.5 Å². The second-order valence-corrected chi connectivity index (χ2v) is 6.58. The van der Waals surface area contributed by atoms with Gasteiger partial charge in [-0.15, -0.1) is 0 Å². The minimum atomic E-state index is -0.275. The van der Waals surface area contributed by atoms with Gasteiger partial charge >= 0.3 is 0 Å². The molecule has 130 valence electrons. The number of hydrogen-bond donors (Lipinski definition) is 1. The average molecular weight is 337 g/mol. The number of hydrogen-bond acceptors (Lipinski definition) is 4. The zero-order chi connectivity index (χ0) is 17.2. The quantitative estimate of drug-likeness (QED) is 0.795. The number of anilines is 1. The summed E-state index contributed by atoms with van der Waals surface area (Å²) in [6.07, 6.45) is 1.59. The minimum Gasteiger partial charge on any atom is -0.497 e. The summed E-state index contributed by atoms with van der Waals surface area (Å²) in [5.74, 6) is 1.80. The van der Waals surface area contributed by atoms with Crippen molar-refractivity contribution in [3.05, 3.63) is 54.1 Å². The molecular formula is C20H23N3O2. The summed E-state index contributed by atoms with van der Waals surface area (Å²) in [4.78, 5) is 7.06. The van der Waals surface area contributed by atoms with Crippen molar-refractivity contribution in [3.8, 4) is 5.75 Å². The summed E-state index contributed by atoms with van der Waals surface area (Å²) in [7, 11) is 1.68. The number of piperidine rings is 1. The van der Waals surface area contributed by atoms with Crippen molar-refractivity contribution in [2.75, 3.05) is 25.1 Å². The molecule has 2 aromatic carbocycles. The molecule has 3 aromatic rings. The van der Waals surface area contributed by atoms with Gasteiger partial charge in [0.05, 0.1) is 30.8 Å². The first kappa shape index (κ1) is 16.0. The normalized spacial score (nSPS) is 17.8. The summed E-state index contributed by atoms with van der Waals surface area (Å²) in [6, 6.07) is 16.4. The number of aromatic nitrogens is 2. The van der Waals surface area contributed by atoms with Gasteiger partial charge in [-0.05, 0) is 42.7 Å². The maximum absolute atomic E-state index is 10.1. The Bertz CT molecular complexity index is 857. The second kappa shape index (κ2) is 6.76. The average Bonchev–Trinajstić information content (AvgIpc) is 3.01. The SMILES string of the molecule is COc1ccc(Cn2c(N3CCCC(O)C3)nc3ccccc32)cc1. The highest BCUT2D eigenvalue weighted by molar-refractivity contribution is 5.79. The van der Waals surface area contributed by atoms with Crippen LogP contribution in [0.5, 0.6) is 5.75 Å². The van der Waals surface area contributed by atoms with Gasteiger partial charge in [-0.1, -0.05) is 24.3 Å². The van der Waals surface area contributed by atoms with Crippen LogP contribution in [0.15, 0.2) is 48.5 Å². The Morgan fingerprint density at radius 1 is 1.16 bits per heavy atom. The predicted octanol–water partition coefficient (Wildman–Crippen LogP) is 3.05. The number of β-amino-alcohol motifs (C(OH)–C–C–N with tert-alkyl or cyclic N) is 1. The fraction of sp³-hybridized carbons (Fsp3) is 0.350. The van der Waals surface area contributed by atoms with E-state index in [1.807, 2.05) is 30.3 Å². The van der Waals surface area contributed by atoms with Crippen LogP contribution in [-0.2, 0) is 6.54 Å². The molecular weight excluding hydrogens is 314 g/mol. The van der Waals surface area contributed by atoms with Crippen molar-refractivity contribution in [3.63, 3.8) is 0 Å². The molecule has 1 aromatic heterocycles. The molecule has 0 radical (unpaired) electrons. The number of aliphatic hydroxyl groups excluding tert-OH is 1. The van der Waals surface area contributed by atoms with Crippen molar-refractivity contribution >= 4 is 17.0 Å². The zero-order valence-corrected chi connectivity index (χ0v) is 14.4. The van der Waals surface area contributed by atoms with Crippen LogP contribution in [-0.4, -0.2) is 41.0 Å². The summed E-state index contributed by atoms with van der Waals surface area (Å²) in [5, 5.41) is 10.1. The first-order chi connectivity index (χ1) is 12.2. The molecule has 1 aliphatic rings. The molecule has 0 saturated carbocycles. The molecule has 0 spiro atoms. The Morgan fingerprint density at radius 2 is 1.96 bits per heavy atom. The number of benzene rings is 2. The number of nitrogens with zero attached hydrogens (tertiary/aromatic N) is 3. The smallest absolute Gasteiger partial charge is 0.206 e. The number of rotatable bonds is 4. The van der Waals surface area contributed by atoms with E-state index >= 15 is 0 Å². The lowest BCUT2D eigenvalue weighted by atomic mass is 10.1. The van der Waals surface area contributed by atoms with Gasteiger partial charge in [0, 0.05) is 13.1 Å². The predicted molar refractivity (Wildman–Crippen MR) is 99.3 cm³/mol. The third-order valence-corrected chi connectivity index (χ3v) is 4.81. The van der Waals surface area contributed by atoms with E-state index in [0.29, 0.717) is 6.54 Å². The van der Waals surface area contributed by atoms with Crippen molar-refractivity contribution in [2.24, 2.45) is 0 Å². The molecule has 5 heteroatoms. The largest absolute Gasteiger partial charge is 0.497 e. The van der Waals surface area contributed by atoms with E-state index in [0.717, 1.165) is 48.7 Å². The minimum absolute atomic E-state index is 0.275. The Kier molecular flexibility index (Phi) is 4.32. The van der Waals surface area contributed by atoms with Gasteiger partial charge in [-0.2, -0.15) is 0 Å². The van der Waals surface area contributed by atoms with Gasteiger partial charge in [-0.25, -0.2) is 4.98 Å². The fourth-order valence-corrected chi connectivity index (χ4v) is 3.51. The molecule has 0 aliphatic carbocycles. The molecule has 1 saturated heterocycles.